The molecule has 1 heterocycles. The summed E-state index contributed by atoms with van der Waals surface area (Å²) in [4.78, 5) is 3.80. The van der Waals surface area contributed by atoms with Crippen molar-refractivity contribution >= 4 is 10.0 Å². The summed E-state index contributed by atoms with van der Waals surface area (Å²) in [5, 5.41) is 18.3. The van der Waals surface area contributed by atoms with Crippen molar-refractivity contribution in [2.24, 2.45) is 5.41 Å². The Labute approximate surface area is 124 Å². The average Bonchev–Trinajstić information content (AvgIpc) is 2.54. The van der Waals surface area contributed by atoms with Crippen LogP contribution >= 0.6 is 0 Å². The van der Waals surface area contributed by atoms with Crippen LogP contribution in [0.25, 0.3) is 0 Å². The summed E-state index contributed by atoms with van der Waals surface area (Å²) in [5.41, 5.74) is -0.182. The van der Waals surface area contributed by atoms with E-state index in [0.717, 1.165) is 32.1 Å². The van der Waals surface area contributed by atoms with Gasteiger partial charge in [0.1, 0.15) is 16.7 Å². The molecule has 1 saturated carbocycles. The number of hydrogen-bond acceptors (Lipinski definition) is 5. The highest BCUT2D eigenvalue weighted by Crippen LogP contribution is 2.35. The molecular weight excluding hydrogens is 290 g/mol. The van der Waals surface area contributed by atoms with Crippen LogP contribution in [0.4, 0.5) is 0 Å². The molecule has 0 bridgehead atoms. The molecule has 1 fully saturated rings. The van der Waals surface area contributed by atoms with Gasteiger partial charge >= 0.3 is 0 Å². The predicted octanol–water partition coefficient (Wildman–Crippen LogP) is 1.17. The SMILES string of the molecule is N#Cc1ccc(S(=O)(=O)NCC2(CO)CCCCC2)cn1. The summed E-state index contributed by atoms with van der Waals surface area (Å²) < 4.78 is 27.0. The van der Waals surface area contributed by atoms with Gasteiger partial charge in [-0.05, 0) is 25.0 Å². The van der Waals surface area contributed by atoms with E-state index in [9.17, 15) is 13.5 Å². The second-order valence-electron chi connectivity index (χ2n) is 5.53. The number of aliphatic hydroxyl groups excluding tert-OH is 1. The number of rotatable bonds is 5. The molecule has 0 aromatic carbocycles. The smallest absolute Gasteiger partial charge is 0.242 e. The third-order valence-corrected chi connectivity index (χ3v) is 5.43. The zero-order chi connectivity index (χ0) is 15.3. The van der Waals surface area contributed by atoms with Gasteiger partial charge in [-0.2, -0.15) is 5.26 Å². The first-order chi connectivity index (χ1) is 10.0. The summed E-state index contributed by atoms with van der Waals surface area (Å²) in [6.45, 7) is 0.215. The van der Waals surface area contributed by atoms with Crippen LogP contribution < -0.4 is 4.72 Å². The Kier molecular flexibility index (Phi) is 4.93. The molecule has 0 spiro atoms. The minimum Gasteiger partial charge on any atom is -0.396 e. The normalized spacial score (nSPS) is 18.1. The number of pyridine rings is 1. The maximum atomic E-state index is 12.2. The van der Waals surface area contributed by atoms with Crippen molar-refractivity contribution in [1.29, 1.82) is 5.26 Å². The van der Waals surface area contributed by atoms with Gasteiger partial charge in [0.25, 0.3) is 0 Å². The van der Waals surface area contributed by atoms with Crippen LogP contribution in [0.1, 0.15) is 37.8 Å². The second kappa shape index (κ2) is 6.52. The topological polar surface area (TPSA) is 103 Å². The zero-order valence-electron chi connectivity index (χ0n) is 11.7. The van der Waals surface area contributed by atoms with Crippen LogP contribution in [-0.4, -0.2) is 31.7 Å². The molecule has 0 saturated heterocycles. The molecule has 0 radical (unpaired) electrons. The molecule has 21 heavy (non-hydrogen) atoms. The van der Waals surface area contributed by atoms with Crippen molar-refractivity contribution in [1.82, 2.24) is 9.71 Å². The molecule has 1 aliphatic rings. The van der Waals surface area contributed by atoms with E-state index in [0.29, 0.717) is 0 Å². The molecule has 1 aliphatic carbocycles. The highest BCUT2D eigenvalue weighted by molar-refractivity contribution is 7.89. The van der Waals surface area contributed by atoms with Gasteiger partial charge in [0.05, 0.1) is 0 Å². The molecule has 1 aromatic rings. The third kappa shape index (κ3) is 3.79. The van der Waals surface area contributed by atoms with E-state index < -0.39 is 10.0 Å². The number of nitrogens with one attached hydrogen (secondary N) is 1. The Balaban J connectivity index is 2.08. The standard InChI is InChI=1S/C14H19N3O3S/c15-8-12-4-5-13(9-16-12)21(19,20)17-10-14(11-18)6-2-1-3-7-14/h4-5,9,17-18H,1-3,6-7,10-11H2. The summed E-state index contributed by atoms with van der Waals surface area (Å²) >= 11 is 0. The minimum atomic E-state index is -3.67. The van der Waals surface area contributed by atoms with E-state index in [1.54, 1.807) is 0 Å². The number of nitriles is 1. The van der Waals surface area contributed by atoms with Crippen LogP contribution in [0.5, 0.6) is 0 Å². The van der Waals surface area contributed by atoms with E-state index in [1.165, 1.54) is 18.3 Å². The predicted molar refractivity (Wildman–Crippen MR) is 76.7 cm³/mol. The quantitative estimate of drug-likeness (QED) is 0.850. The van der Waals surface area contributed by atoms with Crippen LogP contribution in [0.15, 0.2) is 23.2 Å². The van der Waals surface area contributed by atoms with E-state index in [4.69, 9.17) is 5.26 Å². The maximum Gasteiger partial charge on any atom is 0.242 e. The van der Waals surface area contributed by atoms with Crippen molar-refractivity contribution in [3.63, 3.8) is 0 Å². The molecule has 114 valence electrons. The summed E-state index contributed by atoms with van der Waals surface area (Å²) in [7, 11) is -3.67. The van der Waals surface area contributed by atoms with Crippen LogP contribution in [0.3, 0.4) is 0 Å². The first kappa shape index (κ1) is 15.9. The number of aliphatic hydroxyl groups is 1. The van der Waals surface area contributed by atoms with Crippen molar-refractivity contribution in [2.45, 2.75) is 37.0 Å². The van der Waals surface area contributed by atoms with Gasteiger partial charge < -0.3 is 5.11 Å². The maximum absolute atomic E-state index is 12.2. The van der Waals surface area contributed by atoms with Gasteiger partial charge in [-0.15, -0.1) is 0 Å². The first-order valence-electron chi connectivity index (χ1n) is 6.98. The van der Waals surface area contributed by atoms with Gasteiger partial charge in [0.15, 0.2) is 0 Å². The molecule has 0 amide bonds. The van der Waals surface area contributed by atoms with Gasteiger partial charge in [-0.25, -0.2) is 18.1 Å². The lowest BCUT2D eigenvalue weighted by Gasteiger charge is -2.35. The molecule has 0 unspecified atom stereocenters. The fourth-order valence-electron chi connectivity index (χ4n) is 2.63. The third-order valence-electron chi connectivity index (χ3n) is 4.05. The van der Waals surface area contributed by atoms with Gasteiger partial charge in [0.2, 0.25) is 10.0 Å². The van der Waals surface area contributed by atoms with Crippen molar-refractivity contribution in [3.05, 3.63) is 24.0 Å². The molecular formula is C14H19N3O3S. The highest BCUT2D eigenvalue weighted by atomic mass is 32.2. The number of nitrogens with zero attached hydrogens (tertiary/aromatic N) is 2. The lowest BCUT2D eigenvalue weighted by Crippen LogP contribution is -2.41. The molecule has 0 atom stereocenters. The minimum absolute atomic E-state index is 0.0128. The largest absolute Gasteiger partial charge is 0.396 e. The molecule has 0 aliphatic heterocycles. The summed E-state index contributed by atoms with van der Waals surface area (Å²) in [6, 6.07) is 4.58. The fourth-order valence-corrected chi connectivity index (χ4v) is 3.73. The summed E-state index contributed by atoms with van der Waals surface area (Å²) in [5.74, 6) is 0. The van der Waals surface area contributed by atoms with Crippen molar-refractivity contribution in [2.75, 3.05) is 13.2 Å². The molecule has 2 N–H and O–H groups in total. The Morgan fingerprint density at radius 3 is 2.57 bits per heavy atom. The monoisotopic (exact) mass is 309 g/mol. The second-order valence-corrected chi connectivity index (χ2v) is 7.30. The Morgan fingerprint density at radius 2 is 2.05 bits per heavy atom. The van der Waals surface area contributed by atoms with Crippen LogP contribution in [0, 0.1) is 16.7 Å². The fraction of sp³-hybridized carbons (Fsp3) is 0.571. The lowest BCUT2D eigenvalue weighted by molar-refractivity contribution is 0.0867. The van der Waals surface area contributed by atoms with Crippen LogP contribution in [-0.2, 0) is 10.0 Å². The Hall–Kier alpha value is -1.49. The van der Waals surface area contributed by atoms with Crippen molar-refractivity contribution in [3.8, 4) is 6.07 Å². The van der Waals surface area contributed by atoms with E-state index in [1.807, 2.05) is 6.07 Å². The van der Waals surface area contributed by atoms with E-state index in [-0.39, 0.29) is 29.2 Å². The number of hydrogen-bond donors (Lipinski definition) is 2. The Bertz CT molecular complexity index is 614. The number of sulfonamides is 1. The first-order valence-corrected chi connectivity index (χ1v) is 8.46. The van der Waals surface area contributed by atoms with E-state index >= 15 is 0 Å². The lowest BCUT2D eigenvalue weighted by atomic mass is 9.75. The summed E-state index contributed by atoms with van der Waals surface area (Å²) in [6.07, 6.45) is 6.00. The van der Waals surface area contributed by atoms with E-state index in [2.05, 4.69) is 9.71 Å². The molecule has 2 rings (SSSR count). The zero-order valence-corrected chi connectivity index (χ0v) is 12.6. The Morgan fingerprint density at radius 1 is 1.33 bits per heavy atom. The highest BCUT2D eigenvalue weighted by Gasteiger charge is 2.32. The van der Waals surface area contributed by atoms with Gasteiger partial charge in [-0.1, -0.05) is 19.3 Å². The molecule has 7 heteroatoms. The van der Waals surface area contributed by atoms with Gasteiger partial charge in [-0.3, -0.25) is 0 Å². The molecule has 6 nitrogen and oxygen atoms in total. The number of aromatic nitrogens is 1. The van der Waals surface area contributed by atoms with Crippen LogP contribution in [0.2, 0.25) is 0 Å². The van der Waals surface area contributed by atoms with Gasteiger partial charge in [0, 0.05) is 24.8 Å². The van der Waals surface area contributed by atoms with Crippen molar-refractivity contribution < 1.29 is 13.5 Å². The molecule has 1 aromatic heterocycles. The average molecular weight is 309 g/mol.